The largest absolute Gasteiger partial charge is 0.513 e. The molecule has 2 aliphatic rings. The average Bonchev–Trinajstić information content (AvgIpc) is 2.85. The van der Waals surface area contributed by atoms with Gasteiger partial charge in [0.2, 0.25) is 34.8 Å². The number of fused-ring (bicyclic) bond motifs is 1. The molecule has 0 aromatic heterocycles. The second kappa shape index (κ2) is 9.85. The lowest BCUT2D eigenvalue weighted by Crippen LogP contribution is -2.49. The lowest BCUT2D eigenvalue weighted by Gasteiger charge is -2.53. The second-order valence-corrected chi connectivity index (χ2v) is 11.3. The number of carbonyl (C=O) groups is 1. The highest BCUT2D eigenvalue weighted by Gasteiger charge is 2.50. The predicted octanol–water partition coefficient (Wildman–Crippen LogP) is 6.96. The van der Waals surface area contributed by atoms with Gasteiger partial charge < -0.3 is 13.8 Å². The van der Waals surface area contributed by atoms with Gasteiger partial charge in [-0.05, 0) is 49.5 Å². The first kappa shape index (κ1) is 26.4. The summed E-state index contributed by atoms with van der Waals surface area (Å²) in [5.41, 5.74) is 0.212. The first-order valence-electron chi connectivity index (χ1n) is 12.0. The Morgan fingerprint density at radius 2 is 1.53 bits per heavy atom. The van der Waals surface area contributed by atoms with E-state index in [1.807, 2.05) is 0 Å². The SMILES string of the molecule is C[C@H](NP(=O)(Oc1c(F)c(F)c(F)c(F)c1F)Oc1cccc2ccccc12)C(=O)OC1CC2(CCC2)C1. The number of esters is 1. The fourth-order valence-electron chi connectivity index (χ4n) is 4.89. The molecule has 1 spiro atoms. The summed E-state index contributed by atoms with van der Waals surface area (Å²) in [6, 6.07) is 9.89. The van der Waals surface area contributed by atoms with Crippen LogP contribution in [0.1, 0.15) is 39.0 Å². The van der Waals surface area contributed by atoms with Crippen LogP contribution in [-0.2, 0) is 14.1 Å². The molecule has 1 N–H and O–H groups in total. The van der Waals surface area contributed by atoms with E-state index in [2.05, 4.69) is 5.09 Å². The highest BCUT2D eigenvalue weighted by molar-refractivity contribution is 7.52. The van der Waals surface area contributed by atoms with E-state index in [0.29, 0.717) is 23.6 Å². The van der Waals surface area contributed by atoms with E-state index in [-0.39, 0.29) is 17.3 Å². The molecule has 6 nitrogen and oxygen atoms in total. The van der Waals surface area contributed by atoms with E-state index >= 15 is 0 Å². The van der Waals surface area contributed by atoms with Gasteiger partial charge in [-0.1, -0.05) is 42.8 Å². The van der Waals surface area contributed by atoms with Gasteiger partial charge in [-0.15, -0.1) is 0 Å². The van der Waals surface area contributed by atoms with Gasteiger partial charge in [0, 0.05) is 5.39 Å². The topological polar surface area (TPSA) is 73.9 Å². The van der Waals surface area contributed by atoms with Crippen molar-refractivity contribution in [3.63, 3.8) is 0 Å². The first-order chi connectivity index (χ1) is 18.0. The number of hydrogen-bond donors (Lipinski definition) is 1. The van der Waals surface area contributed by atoms with Crippen molar-refractivity contribution < 1.29 is 45.1 Å². The molecule has 3 aromatic rings. The summed E-state index contributed by atoms with van der Waals surface area (Å²) in [4.78, 5) is 12.7. The molecule has 202 valence electrons. The summed E-state index contributed by atoms with van der Waals surface area (Å²) in [5.74, 6) is -14.4. The molecular weight excluding hydrogens is 532 g/mol. The Morgan fingerprint density at radius 1 is 0.921 bits per heavy atom. The van der Waals surface area contributed by atoms with Gasteiger partial charge in [-0.3, -0.25) is 4.79 Å². The van der Waals surface area contributed by atoms with Crippen molar-refractivity contribution >= 4 is 24.5 Å². The van der Waals surface area contributed by atoms with Crippen LogP contribution < -0.4 is 14.1 Å². The molecule has 0 heterocycles. The standard InChI is InChI=1S/C26H23F5NO5P/c1-14(25(33)35-16-12-26(13-16)10-5-11-26)32-38(34,36-18-9-4-7-15-6-2-3-8-17(15)18)37-24-22(30)20(28)19(27)21(29)23(24)31/h2-4,6-9,14,16H,5,10-13H2,1H3,(H,32,34)/t14-,38?/m0/s1. The number of carbonyl (C=O) groups excluding carboxylic acids is 1. The fourth-order valence-corrected chi connectivity index (χ4v) is 6.43. The van der Waals surface area contributed by atoms with Crippen LogP contribution in [0.15, 0.2) is 42.5 Å². The Balaban J connectivity index is 1.43. The summed E-state index contributed by atoms with van der Waals surface area (Å²) in [6.45, 7) is 1.25. The van der Waals surface area contributed by atoms with Crippen LogP contribution in [0.3, 0.4) is 0 Å². The second-order valence-electron chi connectivity index (χ2n) is 9.73. The highest BCUT2D eigenvalue weighted by Crippen LogP contribution is 2.57. The van der Waals surface area contributed by atoms with Crippen molar-refractivity contribution in [1.29, 1.82) is 0 Å². The maximum Gasteiger partial charge on any atom is 0.513 e. The Bertz CT molecular complexity index is 1420. The zero-order valence-electron chi connectivity index (χ0n) is 20.1. The van der Waals surface area contributed by atoms with Crippen LogP contribution in [0, 0.1) is 34.5 Å². The number of halogens is 5. The molecule has 2 atom stereocenters. The molecule has 2 saturated carbocycles. The van der Waals surface area contributed by atoms with Gasteiger partial charge >= 0.3 is 13.7 Å². The van der Waals surface area contributed by atoms with Gasteiger partial charge in [0.15, 0.2) is 0 Å². The van der Waals surface area contributed by atoms with Gasteiger partial charge in [0.1, 0.15) is 17.9 Å². The molecule has 0 saturated heterocycles. The molecule has 3 aromatic carbocycles. The van der Waals surface area contributed by atoms with Crippen molar-refractivity contribution in [3.05, 3.63) is 71.6 Å². The van der Waals surface area contributed by atoms with E-state index in [1.165, 1.54) is 19.1 Å². The lowest BCUT2D eigenvalue weighted by atomic mass is 9.55. The molecule has 5 rings (SSSR count). The smallest absolute Gasteiger partial charge is 0.461 e. The quantitative estimate of drug-likeness (QED) is 0.107. The molecule has 12 heteroatoms. The number of nitrogens with one attached hydrogen (secondary N) is 1. The minimum absolute atomic E-state index is 0.0886. The monoisotopic (exact) mass is 555 g/mol. The molecule has 2 aliphatic carbocycles. The van der Waals surface area contributed by atoms with Crippen molar-refractivity contribution in [2.75, 3.05) is 0 Å². The summed E-state index contributed by atoms with van der Waals surface area (Å²) in [7, 11) is -5.03. The minimum Gasteiger partial charge on any atom is -0.461 e. The molecular formula is C26H23F5NO5P. The number of hydrogen-bond acceptors (Lipinski definition) is 5. The zero-order valence-corrected chi connectivity index (χ0v) is 21.0. The van der Waals surface area contributed by atoms with Crippen molar-refractivity contribution in [2.45, 2.75) is 51.2 Å². The van der Waals surface area contributed by atoms with Crippen LogP contribution >= 0.6 is 7.75 Å². The van der Waals surface area contributed by atoms with E-state index < -0.39 is 54.6 Å². The van der Waals surface area contributed by atoms with Crippen LogP contribution in [0.2, 0.25) is 0 Å². The molecule has 0 bridgehead atoms. The summed E-state index contributed by atoms with van der Waals surface area (Å²) < 4.78 is 99.7. The third-order valence-corrected chi connectivity index (χ3v) is 8.64. The Hall–Kier alpha value is -3.17. The molecule has 0 amide bonds. The van der Waals surface area contributed by atoms with Crippen LogP contribution in [-0.4, -0.2) is 18.1 Å². The van der Waals surface area contributed by atoms with Crippen LogP contribution in [0.4, 0.5) is 22.0 Å². The first-order valence-corrected chi connectivity index (χ1v) is 13.5. The Morgan fingerprint density at radius 3 is 2.16 bits per heavy atom. The number of rotatable bonds is 8. The Labute approximate surface area is 214 Å². The zero-order chi connectivity index (χ0) is 27.2. The lowest BCUT2D eigenvalue weighted by molar-refractivity contribution is -0.169. The van der Waals surface area contributed by atoms with E-state index in [1.54, 1.807) is 30.3 Å². The third-order valence-electron chi connectivity index (χ3n) is 7.07. The molecule has 1 unspecified atom stereocenters. The maximum atomic E-state index is 14.4. The molecule has 38 heavy (non-hydrogen) atoms. The molecule has 0 aliphatic heterocycles. The normalized spacial score (nSPS) is 18.8. The Kier molecular flexibility index (Phi) is 6.86. The molecule has 0 radical (unpaired) electrons. The maximum absolute atomic E-state index is 14.4. The predicted molar refractivity (Wildman–Crippen MR) is 127 cm³/mol. The van der Waals surface area contributed by atoms with Crippen molar-refractivity contribution in [3.8, 4) is 11.5 Å². The fraction of sp³-hybridized carbons (Fsp3) is 0.346. The third kappa shape index (κ3) is 4.85. The van der Waals surface area contributed by atoms with Crippen molar-refractivity contribution in [1.82, 2.24) is 5.09 Å². The van der Waals surface area contributed by atoms with E-state index in [9.17, 15) is 31.3 Å². The van der Waals surface area contributed by atoms with E-state index in [0.717, 1.165) is 19.3 Å². The highest BCUT2D eigenvalue weighted by atomic mass is 31.2. The number of ether oxygens (including phenoxy) is 1. The number of benzene rings is 3. The summed E-state index contributed by atoms with van der Waals surface area (Å²) in [6.07, 6.45) is 4.34. The summed E-state index contributed by atoms with van der Waals surface area (Å²) in [5, 5.41) is 3.27. The van der Waals surface area contributed by atoms with Gasteiger partial charge in [-0.2, -0.15) is 13.9 Å². The molecule has 2 fully saturated rings. The van der Waals surface area contributed by atoms with E-state index in [4.69, 9.17) is 13.8 Å². The van der Waals surface area contributed by atoms with Crippen molar-refractivity contribution in [2.24, 2.45) is 5.41 Å². The summed E-state index contributed by atoms with van der Waals surface area (Å²) >= 11 is 0. The minimum atomic E-state index is -5.03. The van der Waals surface area contributed by atoms with Gasteiger partial charge in [0.05, 0.1) is 0 Å². The average molecular weight is 555 g/mol. The van der Waals surface area contributed by atoms with Gasteiger partial charge in [-0.25, -0.2) is 17.7 Å². The van der Waals surface area contributed by atoms with Crippen LogP contribution in [0.25, 0.3) is 10.8 Å². The van der Waals surface area contributed by atoms with Gasteiger partial charge in [0.25, 0.3) is 0 Å². The van der Waals surface area contributed by atoms with Crippen LogP contribution in [0.5, 0.6) is 11.5 Å².